The standard InChI is InChI=1S/C16H24ClNO/c17-13-15(12-14-6-2-1-3-7-14)18-10-4-8-16-9-5-11-19-16/h1-3,6-7,15-16,18H,4-5,8-13H2. The van der Waals surface area contributed by atoms with Gasteiger partial charge in [0.1, 0.15) is 0 Å². The van der Waals surface area contributed by atoms with Gasteiger partial charge in [0.25, 0.3) is 0 Å². The van der Waals surface area contributed by atoms with Crippen LogP contribution in [-0.4, -0.2) is 31.2 Å². The lowest BCUT2D eigenvalue weighted by Gasteiger charge is -2.17. The van der Waals surface area contributed by atoms with E-state index in [2.05, 4.69) is 29.6 Å². The maximum Gasteiger partial charge on any atom is 0.0576 e. The summed E-state index contributed by atoms with van der Waals surface area (Å²) >= 11 is 6.04. The zero-order chi connectivity index (χ0) is 13.3. The molecule has 1 heterocycles. The van der Waals surface area contributed by atoms with Crippen LogP contribution in [0.4, 0.5) is 0 Å². The first-order chi connectivity index (χ1) is 9.38. The SMILES string of the molecule is ClCC(Cc1ccccc1)NCCCC1CCCO1. The van der Waals surface area contributed by atoms with Crippen molar-refractivity contribution in [2.45, 2.75) is 44.2 Å². The topological polar surface area (TPSA) is 21.3 Å². The summed E-state index contributed by atoms with van der Waals surface area (Å²) in [6.45, 7) is 1.99. The van der Waals surface area contributed by atoms with Crippen molar-refractivity contribution in [1.29, 1.82) is 0 Å². The van der Waals surface area contributed by atoms with E-state index in [1.54, 1.807) is 0 Å². The fourth-order valence-corrected chi connectivity index (χ4v) is 2.81. The number of alkyl halides is 1. The number of benzene rings is 1. The number of nitrogens with one attached hydrogen (secondary N) is 1. The molecule has 2 unspecified atom stereocenters. The Bertz CT molecular complexity index is 338. The lowest BCUT2D eigenvalue weighted by atomic mass is 10.1. The second-order valence-corrected chi connectivity index (χ2v) is 5.58. The largest absolute Gasteiger partial charge is 0.378 e. The van der Waals surface area contributed by atoms with Crippen LogP contribution in [0.1, 0.15) is 31.2 Å². The van der Waals surface area contributed by atoms with Crippen molar-refractivity contribution in [2.75, 3.05) is 19.0 Å². The molecule has 2 rings (SSSR count). The highest BCUT2D eigenvalue weighted by atomic mass is 35.5. The molecule has 1 aliphatic rings. The summed E-state index contributed by atoms with van der Waals surface area (Å²) in [5.74, 6) is 0.662. The molecule has 1 aliphatic heterocycles. The highest BCUT2D eigenvalue weighted by molar-refractivity contribution is 6.18. The number of ether oxygens (including phenoxy) is 1. The van der Waals surface area contributed by atoms with Crippen molar-refractivity contribution in [3.8, 4) is 0 Å². The van der Waals surface area contributed by atoms with E-state index in [1.807, 2.05) is 6.07 Å². The third kappa shape index (κ3) is 5.52. The van der Waals surface area contributed by atoms with Crippen LogP contribution in [0.25, 0.3) is 0 Å². The second-order valence-electron chi connectivity index (χ2n) is 5.27. The van der Waals surface area contributed by atoms with Crippen LogP contribution in [0, 0.1) is 0 Å². The molecule has 1 aromatic carbocycles. The summed E-state index contributed by atoms with van der Waals surface area (Å²) in [6, 6.07) is 10.9. The van der Waals surface area contributed by atoms with Gasteiger partial charge in [-0.3, -0.25) is 0 Å². The Kier molecular flexibility index (Phi) is 6.69. The third-order valence-electron chi connectivity index (χ3n) is 3.67. The second kappa shape index (κ2) is 8.57. The smallest absolute Gasteiger partial charge is 0.0576 e. The molecule has 0 bridgehead atoms. The van der Waals surface area contributed by atoms with Crippen molar-refractivity contribution in [3.05, 3.63) is 35.9 Å². The minimum Gasteiger partial charge on any atom is -0.378 e. The zero-order valence-corrected chi connectivity index (χ0v) is 12.2. The zero-order valence-electron chi connectivity index (χ0n) is 11.5. The van der Waals surface area contributed by atoms with Crippen LogP contribution in [0.2, 0.25) is 0 Å². The summed E-state index contributed by atoms with van der Waals surface area (Å²) in [5, 5.41) is 3.55. The Morgan fingerprint density at radius 2 is 2.16 bits per heavy atom. The van der Waals surface area contributed by atoms with Gasteiger partial charge >= 0.3 is 0 Å². The predicted molar refractivity (Wildman–Crippen MR) is 80.9 cm³/mol. The van der Waals surface area contributed by atoms with Crippen molar-refractivity contribution in [3.63, 3.8) is 0 Å². The molecule has 3 heteroatoms. The summed E-state index contributed by atoms with van der Waals surface area (Å²) in [7, 11) is 0. The molecular weight excluding hydrogens is 258 g/mol. The Hall–Kier alpha value is -0.570. The molecule has 19 heavy (non-hydrogen) atoms. The van der Waals surface area contributed by atoms with Crippen molar-refractivity contribution < 1.29 is 4.74 Å². The summed E-state index contributed by atoms with van der Waals surface area (Å²) in [6.07, 6.45) is 6.33. The molecule has 0 radical (unpaired) electrons. The molecule has 0 amide bonds. The average molecular weight is 282 g/mol. The van der Waals surface area contributed by atoms with Crippen molar-refractivity contribution >= 4 is 11.6 Å². The third-order valence-corrected chi connectivity index (χ3v) is 4.04. The normalized spacial score (nSPS) is 20.6. The van der Waals surface area contributed by atoms with E-state index in [-0.39, 0.29) is 0 Å². The van der Waals surface area contributed by atoms with Crippen LogP contribution < -0.4 is 5.32 Å². The van der Waals surface area contributed by atoms with E-state index in [1.165, 1.54) is 31.2 Å². The van der Waals surface area contributed by atoms with Gasteiger partial charge in [-0.2, -0.15) is 0 Å². The highest BCUT2D eigenvalue weighted by Gasteiger charge is 2.15. The van der Waals surface area contributed by atoms with Gasteiger partial charge in [-0.25, -0.2) is 0 Å². The molecule has 106 valence electrons. The molecule has 1 N–H and O–H groups in total. The van der Waals surface area contributed by atoms with Gasteiger partial charge in [0.15, 0.2) is 0 Å². The van der Waals surface area contributed by atoms with E-state index in [0.29, 0.717) is 18.0 Å². The van der Waals surface area contributed by atoms with Gasteiger partial charge in [-0.15, -0.1) is 11.6 Å². The van der Waals surface area contributed by atoms with Crippen LogP contribution in [0.15, 0.2) is 30.3 Å². The van der Waals surface area contributed by atoms with Gasteiger partial charge in [0.2, 0.25) is 0 Å². The quantitative estimate of drug-likeness (QED) is 0.583. The molecule has 0 saturated carbocycles. The molecule has 0 spiro atoms. The lowest BCUT2D eigenvalue weighted by Crippen LogP contribution is -2.33. The maximum atomic E-state index is 6.04. The maximum absolute atomic E-state index is 6.04. The highest BCUT2D eigenvalue weighted by Crippen LogP contribution is 2.16. The molecule has 2 atom stereocenters. The minimum atomic E-state index is 0.369. The van der Waals surface area contributed by atoms with Gasteiger partial charge in [0, 0.05) is 18.5 Å². The molecular formula is C16H24ClNO. The average Bonchev–Trinajstić information content (AvgIpc) is 2.96. The van der Waals surface area contributed by atoms with Gasteiger partial charge in [0.05, 0.1) is 6.10 Å². The molecule has 0 aromatic heterocycles. The van der Waals surface area contributed by atoms with E-state index in [4.69, 9.17) is 16.3 Å². The van der Waals surface area contributed by atoms with E-state index < -0.39 is 0 Å². The van der Waals surface area contributed by atoms with Gasteiger partial charge in [-0.1, -0.05) is 30.3 Å². The number of rotatable bonds is 8. The van der Waals surface area contributed by atoms with Crippen molar-refractivity contribution in [1.82, 2.24) is 5.32 Å². The Labute approximate surface area is 121 Å². The number of halogens is 1. The van der Waals surface area contributed by atoms with Crippen LogP contribution in [0.5, 0.6) is 0 Å². The Morgan fingerprint density at radius 1 is 1.32 bits per heavy atom. The van der Waals surface area contributed by atoms with E-state index >= 15 is 0 Å². The lowest BCUT2D eigenvalue weighted by molar-refractivity contribution is 0.102. The number of hydrogen-bond acceptors (Lipinski definition) is 2. The summed E-state index contributed by atoms with van der Waals surface area (Å²) in [5.41, 5.74) is 1.35. The fourth-order valence-electron chi connectivity index (χ4n) is 2.59. The first-order valence-electron chi connectivity index (χ1n) is 7.33. The van der Waals surface area contributed by atoms with Gasteiger partial charge in [-0.05, 0) is 44.2 Å². The molecule has 1 fully saturated rings. The monoisotopic (exact) mass is 281 g/mol. The Balaban J connectivity index is 1.62. The van der Waals surface area contributed by atoms with E-state index in [9.17, 15) is 0 Å². The van der Waals surface area contributed by atoms with Crippen LogP contribution in [0.3, 0.4) is 0 Å². The summed E-state index contributed by atoms with van der Waals surface area (Å²) in [4.78, 5) is 0. The van der Waals surface area contributed by atoms with Crippen molar-refractivity contribution in [2.24, 2.45) is 0 Å². The molecule has 1 saturated heterocycles. The minimum absolute atomic E-state index is 0.369. The molecule has 2 nitrogen and oxygen atoms in total. The Morgan fingerprint density at radius 3 is 2.84 bits per heavy atom. The molecule has 1 aromatic rings. The van der Waals surface area contributed by atoms with Crippen LogP contribution >= 0.6 is 11.6 Å². The predicted octanol–water partition coefficient (Wildman–Crippen LogP) is 3.39. The fraction of sp³-hybridized carbons (Fsp3) is 0.625. The van der Waals surface area contributed by atoms with Crippen LogP contribution in [-0.2, 0) is 11.2 Å². The van der Waals surface area contributed by atoms with E-state index in [0.717, 1.165) is 19.6 Å². The summed E-state index contributed by atoms with van der Waals surface area (Å²) < 4.78 is 5.63. The first kappa shape index (κ1) is 14.8. The van der Waals surface area contributed by atoms with Gasteiger partial charge < -0.3 is 10.1 Å². The first-order valence-corrected chi connectivity index (χ1v) is 7.87. The number of hydrogen-bond donors (Lipinski definition) is 1. The molecule has 0 aliphatic carbocycles.